The number of hydrogen-bond acceptors (Lipinski definition) is 3. The van der Waals surface area contributed by atoms with E-state index in [1.807, 2.05) is 11.8 Å². The van der Waals surface area contributed by atoms with E-state index >= 15 is 0 Å². The van der Waals surface area contributed by atoms with Gasteiger partial charge in [0, 0.05) is 18.4 Å². The summed E-state index contributed by atoms with van der Waals surface area (Å²) >= 11 is 1.93. The molecule has 0 amide bonds. The van der Waals surface area contributed by atoms with E-state index in [0.717, 1.165) is 43.4 Å². The first-order valence-corrected chi connectivity index (χ1v) is 8.65. The molecule has 0 radical (unpaired) electrons. The smallest absolute Gasteiger partial charge is 0.162 e. The van der Waals surface area contributed by atoms with Gasteiger partial charge in [0.2, 0.25) is 0 Å². The first kappa shape index (κ1) is 15.3. The second kappa shape index (κ2) is 6.23. The highest BCUT2D eigenvalue weighted by atomic mass is 32.2. The third-order valence-electron chi connectivity index (χ3n) is 4.69. The molecule has 2 nitrogen and oxygen atoms in total. The van der Waals surface area contributed by atoms with Crippen molar-refractivity contribution in [3.05, 3.63) is 35.4 Å². The summed E-state index contributed by atoms with van der Waals surface area (Å²) < 4.78 is 33.0. The summed E-state index contributed by atoms with van der Waals surface area (Å²) in [5.74, 6) is 0.937. The van der Waals surface area contributed by atoms with Crippen LogP contribution in [-0.4, -0.2) is 29.8 Å². The Morgan fingerprint density at radius 3 is 3.05 bits per heavy atom. The second-order valence-corrected chi connectivity index (χ2v) is 7.27. The molecule has 2 N–H and O–H groups in total. The molecule has 1 aromatic rings. The molecular formula is C16H21F2NOS. The maximum absolute atomic E-state index is 13.8. The van der Waals surface area contributed by atoms with Gasteiger partial charge in [0.25, 0.3) is 0 Å². The molecule has 5 heteroatoms. The molecule has 0 aliphatic carbocycles. The van der Waals surface area contributed by atoms with Gasteiger partial charge in [-0.1, -0.05) is 12.1 Å². The molecule has 1 spiro atoms. The highest BCUT2D eigenvalue weighted by molar-refractivity contribution is 7.99. The SMILES string of the molecule is NC(Cc1cccc(F)c1F)C1CCOC2(CCSC2)C1. The fourth-order valence-corrected chi connectivity index (χ4v) is 4.80. The Balaban J connectivity index is 1.67. The van der Waals surface area contributed by atoms with Crippen molar-refractivity contribution in [2.24, 2.45) is 11.7 Å². The summed E-state index contributed by atoms with van der Waals surface area (Å²) in [5, 5.41) is 0. The number of thioether (sulfide) groups is 1. The van der Waals surface area contributed by atoms with Crippen molar-refractivity contribution in [2.45, 2.75) is 37.3 Å². The fourth-order valence-electron chi connectivity index (χ4n) is 3.42. The van der Waals surface area contributed by atoms with Crippen molar-refractivity contribution in [1.82, 2.24) is 0 Å². The lowest BCUT2D eigenvalue weighted by molar-refractivity contribution is -0.0831. The van der Waals surface area contributed by atoms with E-state index in [0.29, 0.717) is 17.9 Å². The Hall–Kier alpha value is -0.650. The Morgan fingerprint density at radius 1 is 1.43 bits per heavy atom. The minimum atomic E-state index is -0.796. The number of benzene rings is 1. The maximum Gasteiger partial charge on any atom is 0.162 e. The molecule has 0 saturated carbocycles. The molecule has 3 unspecified atom stereocenters. The summed E-state index contributed by atoms with van der Waals surface area (Å²) in [5.41, 5.74) is 6.66. The zero-order valence-electron chi connectivity index (χ0n) is 12.0. The summed E-state index contributed by atoms with van der Waals surface area (Å²) in [6, 6.07) is 4.16. The highest BCUT2D eigenvalue weighted by Gasteiger charge is 2.41. The lowest BCUT2D eigenvalue weighted by Gasteiger charge is -2.40. The third-order valence-corrected chi connectivity index (χ3v) is 5.91. The predicted molar refractivity (Wildman–Crippen MR) is 81.4 cm³/mol. The Kier molecular flexibility index (Phi) is 4.52. The van der Waals surface area contributed by atoms with Crippen molar-refractivity contribution in [3.63, 3.8) is 0 Å². The summed E-state index contributed by atoms with van der Waals surface area (Å²) in [6.45, 7) is 0.727. The lowest BCUT2D eigenvalue weighted by Crippen LogP contribution is -2.46. The van der Waals surface area contributed by atoms with Gasteiger partial charge in [-0.25, -0.2) is 8.78 Å². The van der Waals surface area contributed by atoms with E-state index in [4.69, 9.17) is 10.5 Å². The van der Waals surface area contributed by atoms with E-state index < -0.39 is 11.6 Å². The molecule has 3 atom stereocenters. The first-order chi connectivity index (χ1) is 10.1. The fraction of sp³-hybridized carbons (Fsp3) is 0.625. The van der Waals surface area contributed by atoms with Gasteiger partial charge in [-0.15, -0.1) is 0 Å². The molecule has 2 fully saturated rings. The van der Waals surface area contributed by atoms with Crippen molar-refractivity contribution < 1.29 is 13.5 Å². The van der Waals surface area contributed by atoms with Crippen LogP contribution in [0.3, 0.4) is 0 Å². The molecule has 0 aromatic heterocycles. The van der Waals surface area contributed by atoms with Crippen LogP contribution >= 0.6 is 11.8 Å². The molecule has 1 aromatic carbocycles. The predicted octanol–water partition coefficient (Wildman–Crippen LogP) is 3.14. The van der Waals surface area contributed by atoms with Crippen LogP contribution in [0.2, 0.25) is 0 Å². The summed E-state index contributed by atoms with van der Waals surface area (Å²) in [4.78, 5) is 0. The molecule has 2 aliphatic heterocycles. The van der Waals surface area contributed by atoms with Crippen LogP contribution in [0.25, 0.3) is 0 Å². The Labute approximate surface area is 128 Å². The minimum absolute atomic E-state index is 0.0221. The molecule has 2 heterocycles. The van der Waals surface area contributed by atoms with Crippen LogP contribution < -0.4 is 5.73 Å². The molecule has 3 rings (SSSR count). The zero-order chi connectivity index (χ0) is 14.9. The number of halogens is 2. The first-order valence-electron chi connectivity index (χ1n) is 7.50. The molecule has 2 saturated heterocycles. The standard InChI is InChI=1S/C16H21F2NOS/c17-13-3-1-2-11(15(13)18)8-14(19)12-4-6-20-16(9-12)5-7-21-10-16/h1-3,12,14H,4-10,19H2. The Bertz CT molecular complexity index is 505. The van der Waals surface area contributed by atoms with E-state index in [9.17, 15) is 8.78 Å². The average molecular weight is 313 g/mol. The van der Waals surface area contributed by atoms with Crippen molar-refractivity contribution in [2.75, 3.05) is 18.1 Å². The monoisotopic (exact) mass is 313 g/mol. The van der Waals surface area contributed by atoms with Gasteiger partial charge in [0.15, 0.2) is 11.6 Å². The largest absolute Gasteiger partial charge is 0.374 e. The molecule has 0 bridgehead atoms. The Morgan fingerprint density at radius 2 is 2.29 bits per heavy atom. The normalized spacial score (nSPS) is 30.7. The summed E-state index contributed by atoms with van der Waals surface area (Å²) in [6.07, 6.45) is 3.31. The molecule has 116 valence electrons. The van der Waals surface area contributed by atoms with Crippen LogP contribution in [0.5, 0.6) is 0 Å². The number of ether oxygens (including phenoxy) is 1. The third kappa shape index (κ3) is 3.25. The lowest BCUT2D eigenvalue weighted by atomic mass is 9.80. The topological polar surface area (TPSA) is 35.2 Å². The maximum atomic E-state index is 13.8. The van der Waals surface area contributed by atoms with Gasteiger partial charge in [0.05, 0.1) is 5.60 Å². The molecule has 2 aliphatic rings. The summed E-state index contributed by atoms with van der Waals surface area (Å²) in [7, 11) is 0. The van der Waals surface area contributed by atoms with E-state index in [1.165, 1.54) is 0 Å². The number of hydrogen-bond donors (Lipinski definition) is 1. The van der Waals surface area contributed by atoms with Gasteiger partial charge >= 0.3 is 0 Å². The van der Waals surface area contributed by atoms with Crippen LogP contribution in [0.1, 0.15) is 24.8 Å². The molecule has 21 heavy (non-hydrogen) atoms. The van der Waals surface area contributed by atoms with Gasteiger partial charge < -0.3 is 10.5 Å². The molecular weight excluding hydrogens is 292 g/mol. The van der Waals surface area contributed by atoms with Crippen LogP contribution in [0.4, 0.5) is 8.78 Å². The van der Waals surface area contributed by atoms with Gasteiger partial charge in [0.1, 0.15) is 0 Å². The van der Waals surface area contributed by atoms with Gasteiger partial charge in [-0.2, -0.15) is 11.8 Å². The van der Waals surface area contributed by atoms with E-state index in [1.54, 1.807) is 12.1 Å². The van der Waals surface area contributed by atoms with Crippen molar-refractivity contribution in [3.8, 4) is 0 Å². The van der Waals surface area contributed by atoms with E-state index in [-0.39, 0.29) is 11.6 Å². The van der Waals surface area contributed by atoms with Crippen LogP contribution in [0.15, 0.2) is 18.2 Å². The second-order valence-electron chi connectivity index (χ2n) is 6.17. The highest BCUT2D eigenvalue weighted by Crippen LogP contribution is 2.41. The van der Waals surface area contributed by atoms with Crippen LogP contribution in [0, 0.1) is 17.6 Å². The van der Waals surface area contributed by atoms with Gasteiger partial charge in [-0.3, -0.25) is 0 Å². The zero-order valence-corrected chi connectivity index (χ0v) is 12.8. The van der Waals surface area contributed by atoms with Crippen molar-refractivity contribution in [1.29, 1.82) is 0 Å². The van der Waals surface area contributed by atoms with E-state index in [2.05, 4.69) is 0 Å². The average Bonchev–Trinajstić information content (AvgIpc) is 2.92. The van der Waals surface area contributed by atoms with Crippen LogP contribution in [-0.2, 0) is 11.2 Å². The minimum Gasteiger partial charge on any atom is -0.374 e. The number of rotatable bonds is 3. The number of nitrogens with two attached hydrogens (primary N) is 1. The van der Waals surface area contributed by atoms with Crippen molar-refractivity contribution >= 4 is 11.8 Å². The van der Waals surface area contributed by atoms with Gasteiger partial charge in [-0.05, 0) is 49.0 Å². The quantitative estimate of drug-likeness (QED) is 0.931.